The van der Waals surface area contributed by atoms with Gasteiger partial charge in [-0.1, -0.05) is 30.3 Å². The van der Waals surface area contributed by atoms with Gasteiger partial charge >= 0.3 is 0 Å². The molecule has 0 aliphatic carbocycles. The Balaban J connectivity index is 2.15. The predicted octanol–water partition coefficient (Wildman–Crippen LogP) is 2.97. The van der Waals surface area contributed by atoms with E-state index >= 15 is 0 Å². The Bertz CT molecular complexity index is 653. The SMILES string of the molecule is COCOc1cc(/C=C/C(=O)c2ccccc2)ncc1OC. The van der Waals surface area contributed by atoms with Crippen LogP contribution in [0.2, 0.25) is 0 Å². The van der Waals surface area contributed by atoms with Gasteiger partial charge < -0.3 is 14.2 Å². The molecule has 22 heavy (non-hydrogen) atoms. The topological polar surface area (TPSA) is 57.7 Å². The third-order valence-corrected chi connectivity index (χ3v) is 2.87. The fourth-order valence-electron chi connectivity index (χ4n) is 1.78. The van der Waals surface area contributed by atoms with Gasteiger partial charge in [-0.25, -0.2) is 0 Å². The highest BCUT2D eigenvalue weighted by atomic mass is 16.7. The van der Waals surface area contributed by atoms with Gasteiger partial charge in [-0.3, -0.25) is 9.78 Å². The van der Waals surface area contributed by atoms with Crippen LogP contribution in [-0.4, -0.2) is 31.8 Å². The van der Waals surface area contributed by atoms with E-state index in [4.69, 9.17) is 14.2 Å². The number of aromatic nitrogens is 1. The number of methoxy groups -OCH3 is 2. The first-order valence-corrected chi connectivity index (χ1v) is 6.68. The fourth-order valence-corrected chi connectivity index (χ4v) is 1.78. The van der Waals surface area contributed by atoms with Crippen molar-refractivity contribution in [1.29, 1.82) is 0 Å². The molecule has 5 nitrogen and oxygen atoms in total. The maximum atomic E-state index is 12.0. The molecule has 0 atom stereocenters. The van der Waals surface area contributed by atoms with Gasteiger partial charge in [0.05, 0.1) is 19.0 Å². The molecule has 0 radical (unpaired) electrons. The van der Waals surface area contributed by atoms with Crippen LogP contribution in [0.4, 0.5) is 0 Å². The number of rotatable bonds is 7. The zero-order chi connectivity index (χ0) is 15.8. The lowest BCUT2D eigenvalue weighted by atomic mass is 10.1. The van der Waals surface area contributed by atoms with Crippen LogP contribution in [0.5, 0.6) is 11.5 Å². The first-order valence-electron chi connectivity index (χ1n) is 6.68. The standard InChI is InChI=1S/C17H17NO4/c1-20-12-22-16-10-14(18-11-17(16)21-2)8-9-15(19)13-6-4-3-5-7-13/h3-11H,12H2,1-2H3/b9-8+. The summed E-state index contributed by atoms with van der Waals surface area (Å²) in [4.78, 5) is 16.2. The van der Waals surface area contributed by atoms with E-state index in [0.717, 1.165) is 0 Å². The Hall–Kier alpha value is -2.66. The van der Waals surface area contributed by atoms with Crippen molar-refractivity contribution < 1.29 is 19.0 Å². The molecule has 0 aliphatic heterocycles. The van der Waals surface area contributed by atoms with Crippen molar-refractivity contribution in [2.75, 3.05) is 21.0 Å². The lowest BCUT2D eigenvalue weighted by molar-refractivity contribution is 0.0490. The highest BCUT2D eigenvalue weighted by Crippen LogP contribution is 2.26. The molecule has 0 saturated heterocycles. The van der Waals surface area contributed by atoms with Gasteiger partial charge in [0, 0.05) is 18.7 Å². The second kappa shape index (κ2) is 7.95. The number of pyridine rings is 1. The van der Waals surface area contributed by atoms with Gasteiger partial charge in [-0.05, 0) is 12.2 Å². The molecule has 2 rings (SSSR count). The minimum absolute atomic E-state index is 0.0856. The van der Waals surface area contributed by atoms with Crippen LogP contribution in [0.3, 0.4) is 0 Å². The molecule has 2 aromatic rings. The molecule has 0 amide bonds. The summed E-state index contributed by atoms with van der Waals surface area (Å²) in [6, 6.07) is 10.7. The van der Waals surface area contributed by atoms with Crippen LogP contribution in [0.25, 0.3) is 6.08 Å². The van der Waals surface area contributed by atoms with Gasteiger partial charge in [0.15, 0.2) is 24.1 Å². The summed E-state index contributed by atoms with van der Waals surface area (Å²) in [5.41, 5.74) is 1.22. The van der Waals surface area contributed by atoms with Crippen molar-refractivity contribution >= 4 is 11.9 Å². The van der Waals surface area contributed by atoms with Gasteiger partial charge in [0.2, 0.25) is 0 Å². The molecule has 0 N–H and O–H groups in total. The first kappa shape index (κ1) is 15.7. The Morgan fingerprint density at radius 1 is 1.18 bits per heavy atom. The molecule has 0 spiro atoms. The number of carbonyl (C=O) groups is 1. The summed E-state index contributed by atoms with van der Waals surface area (Å²) < 4.78 is 15.4. The molecular weight excluding hydrogens is 282 g/mol. The van der Waals surface area contributed by atoms with E-state index in [0.29, 0.717) is 22.8 Å². The average molecular weight is 299 g/mol. The molecule has 0 bridgehead atoms. The van der Waals surface area contributed by atoms with Gasteiger partial charge in [-0.2, -0.15) is 0 Å². The quantitative estimate of drug-likeness (QED) is 0.447. The third kappa shape index (κ3) is 4.17. The van der Waals surface area contributed by atoms with Gasteiger partial charge in [0.1, 0.15) is 0 Å². The van der Waals surface area contributed by atoms with Crippen LogP contribution < -0.4 is 9.47 Å². The first-order chi connectivity index (χ1) is 10.7. The zero-order valence-corrected chi connectivity index (χ0v) is 12.5. The van der Waals surface area contributed by atoms with Crippen molar-refractivity contribution in [3.05, 3.63) is 59.9 Å². The smallest absolute Gasteiger partial charge is 0.188 e. The highest BCUT2D eigenvalue weighted by molar-refractivity contribution is 6.06. The van der Waals surface area contributed by atoms with Crippen LogP contribution in [-0.2, 0) is 4.74 Å². The number of hydrogen-bond acceptors (Lipinski definition) is 5. The summed E-state index contributed by atoms with van der Waals surface area (Å²) >= 11 is 0. The van der Waals surface area contributed by atoms with E-state index in [9.17, 15) is 4.79 Å². The van der Waals surface area contributed by atoms with Gasteiger partial charge in [0.25, 0.3) is 0 Å². The summed E-state index contributed by atoms with van der Waals surface area (Å²) in [5, 5.41) is 0. The largest absolute Gasteiger partial charge is 0.491 e. The lowest BCUT2D eigenvalue weighted by Crippen LogP contribution is -2.01. The molecule has 1 aromatic carbocycles. The van der Waals surface area contributed by atoms with Crippen molar-refractivity contribution in [2.24, 2.45) is 0 Å². The number of ketones is 1. The zero-order valence-electron chi connectivity index (χ0n) is 12.5. The number of allylic oxidation sites excluding steroid dienone is 1. The summed E-state index contributed by atoms with van der Waals surface area (Å²) in [5.74, 6) is 0.923. The summed E-state index contributed by atoms with van der Waals surface area (Å²) in [6.07, 6.45) is 4.65. The Labute approximate surface area is 129 Å². The number of carbonyl (C=O) groups excluding carboxylic acids is 1. The molecular formula is C17H17NO4. The molecule has 0 aliphatic rings. The van der Waals surface area contributed by atoms with E-state index in [1.54, 1.807) is 24.3 Å². The molecule has 0 saturated carbocycles. The molecule has 1 aromatic heterocycles. The van der Waals surface area contributed by atoms with Crippen LogP contribution in [0.15, 0.2) is 48.7 Å². The van der Waals surface area contributed by atoms with Crippen LogP contribution >= 0.6 is 0 Å². The van der Waals surface area contributed by atoms with Crippen LogP contribution in [0, 0.1) is 0 Å². The van der Waals surface area contributed by atoms with E-state index in [2.05, 4.69) is 4.98 Å². The van der Waals surface area contributed by atoms with E-state index in [1.807, 2.05) is 18.2 Å². The summed E-state index contributed by atoms with van der Waals surface area (Å²) in [7, 11) is 3.07. The Morgan fingerprint density at radius 2 is 1.95 bits per heavy atom. The number of benzene rings is 1. The maximum absolute atomic E-state index is 12.0. The lowest BCUT2D eigenvalue weighted by Gasteiger charge is -2.09. The van der Waals surface area contributed by atoms with E-state index in [-0.39, 0.29) is 12.6 Å². The second-order valence-electron chi connectivity index (χ2n) is 4.37. The van der Waals surface area contributed by atoms with Gasteiger partial charge in [-0.15, -0.1) is 0 Å². The van der Waals surface area contributed by atoms with E-state index in [1.165, 1.54) is 26.5 Å². The van der Waals surface area contributed by atoms with Crippen molar-refractivity contribution in [3.8, 4) is 11.5 Å². The van der Waals surface area contributed by atoms with Crippen molar-refractivity contribution in [1.82, 2.24) is 4.98 Å². The number of hydrogen-bond donors (Lipinski definition) is 0. The second-order valence-corrected chi connectivity index (χ2v) is 4.37. The predicted molar refractivity (Wildman–Crippen MR) is 83.1 cm³/mol. The highest BCUT2D eigenvalue weighted by Gasteiger charge is 2.06. The maximum Gasteiger partial charge on any atom is 0.188 e. The Kier molecular flexibility index (Phi) is 5.68. The van der Waals surface area contributed by atoms with Crippen molar-refractivity contribution in [2.45, 2.75) is 0 Å². The molecule has 5 heteroatoms. The molecule has 0 unspecified atom stereocenters. The monoisotopic (exact) mass is 299 g/mol. The number of ether oxygens (including phenoxy) is 3. The Morgan fingerprint density at radius 3 is 2.64 bits per heavy atom. The van der Waals surface area contributed by atoms with E-state index < -0.39 is 0 Å². The molecule has 0 fully saturated rings. The average Bonchev–Trinajstić information content (AvgIpc) is 2.58. The third-order valence-electron chi connectivity index (χ3n) is 2.87. The van der Waals surface area contributed by atoms with Crippen molar-refractivity contribution in [3.63, 3.8) is 0 Å². The minimum Gasteiger partial charge on any atom is -0.491 e. The normalized spacial score (nSPS) is 10.6. The van der Waals surface area contributed by atoms with Crippen LogP contribution in [0.1, 0.15) is 16.1 Å². The molecule has 114 valence electrons. The minimum atomic E-state index is -0.0856. The molecule has 1 heterocycles. The number of nitrogens with zero attached hydrogens (tertiary/aromatic N) is 1. The summed E-state index contributed by atoms with van der Waals surface area (Å²) in [6.45, 7) is 0.104. The fraction of sp³-hybridized carbons (Fsp3) is 0.176.